The summed E-state index contributed by atoms with van der Waals surface area (Å²) in [6, 6.07) is 14.8. The number of alkyl halides is 3. The summed E-state index contributed by atoms with van der Waals surface area (Å²) in [7, 11) is 0. The quantitative estimate of drug-likeness (QED) is 0.628. The standard InChI is InChI=1S/C24H31N3O.C2HF3O2/c28-23(11-10-22-8-4-14-25-18-22)27-19-24(20-27)12-16-26(17-13-24)15-5-9-21-6-2-1-3-7-21;3-2(4,5)1(6)7/h1-4,6-8,14,18H,5,9-13,15-17,19-20H2;(H,6,7). The summed E-state index contributed by atoms with van der Waals surface area (Å²) >= 11 is 0. The van der Waals surface area contributed by atoms with E-state index in [2.05, 4.69) is 45.1 Å². The van der Waals surface area contributed by atoms with E-state index in [4.69, 9.17) is 9.90 Å². The van der Waals surface area contributed by atoms with Crippen LogP contribution in [0.4, 0.5) is 13.2 Å². The molecule has 0 radical (unpaired) electrons. The lowest BCUT2D eigenvalue weighted by atomic mass is 9.72. The topological polar surface area (TPSA) is 73.7 Å². The molecule has 9 heteroatoms. The fourth-order valence-electron chi connectivity index (χ4n) is 4.61. The number of halogens is 3. The lowest BCUT2D eigenvalue weighted by molar-refractivity contribution is -0.192. The predicted octanol–water partition coefficient (Wildman–Crippen LogP) is 4.20. The minimum Gasteiger partial charge on any atom is -0.475 e. The molecule has 0 atom stereocenters. The van der Waals surface area contributed by atoms with Gasteiger partial charge < -0.3 is 14.9 Å². The van der Waals surface area contributed by atoms with Crippen LogP contribution < -0.4 is 0 Å². The summed E-state index contributed by atoms with van der Waals surface area (Å²) in [6.45, 7) is 5.51. The number of benzene rings is 1. The zero-order valence-electron chi connectivity index (χ0n) is 19.7. The number of piperidine rings is 1. The van der Waals surface area contributed by atoms with Crippen LogP contribution >= 0.6 is 0 Å². The van der Waals surface area contributed by atoms with Crippen molar-refractivity contribution in [1.82, 2.24) is 14.8 Å². The molecule has 4 rings (SSSR count). The number of aryl methyl sites for hydroxylation is 2. The lowest BCUT2D eigenvalue weighted by Crippen LogP contribution is -2.61. The van der Waals surface area contributed by atoms with Gasteiger partial charge in [0.15, 0.2) is 0 Å². The van der Waals surface area contributed by atoms with Gasteiger partial charge in [0.05, 0.1) is 0 Å². The van der Waals surface area contributed by atoms with Crippen molar-refractivity contribution in [3.63, 3.8) is 0 Å². The molecule has 0 bridgehead atoms. The number of hydrogen-bond donors (Lipinski definition) is 1. The van der Waals surface area contributed by atoms with Crippen molar-refractivity contribution in [2.45, 2.75) is 44.7 Å². The third-order valence-corrected chi connectivity index (χ3v) is 6.70. The Bertz CT molecular complexity index is 939. The Labute approximate surface area is 203 Å². The van der Waals surface area contributed by atoms with Crippen molar-refractivity contribution in [2.24, 2.45) is 5.41 Å². The number of nitrogens with zero attached hydrogens (tertiary/aromatic N) is 3. The minimum absolute atomic E-state index is 0.305. The van der Waals surface area contributed by atoms with Crippen molar-refractivity contribution in [3.05, 3.63) is 66.0 Å². The van der Waals surface area contributed by atoms with E-state index in [0.717, 1.165) is 25.1 Å². The van der Waals surface area contributed by atoms with E-state index in [1.807, 2.05) is 18.3 Å². The summed E-state index contributed by atoms with van der Waals surface area (Å²) < 4.78 is 31.7. The van der Waals surface area contributed by atoms with Crippen LogP contribution in [0.5, 0.6) is 0 Å². The highest BCUT2D eigenvalue weighted by Gasteiger charge is 2.46. The molecule has 1 aromatic carbocycles. The zero-order valence-corrected chi connectivity index (χ0v) is 19.7. The molecule has 2 aromatic rings. The molecule has 2 saturated heterocycles. The highest BCUT2D eigenvalue weighted by atomic mass is 19.4. The van der Waals surface area contributed by atoms with Gasteiger partial charge in [-0.15, -0.1) is 0 Å². The first kappa shape index (κ1) is 26.7. The first-order valence-corrected chi connectivity index (χ1v) is 11.9. The molecular formula is C26H32F3N3O3. The second-order valence-corrected chi connectivity index (χ2v) is 9.34. The first-order chi connectivity index (χ1) is 16.7. The van der Waals surface area contributed by atoms with Crippen LogP contribution in [-0.4, -0.2) is 70.7 Å². The van der Waals surface area contributed by atoms with Crippen molar-refractivity contribution in [3.8, 4) is 0 Å². The van der Waals surface area contributed by atoms with Gasteiger partial charge in [0.1, 0.15) is 0 Å². The maximum atomic E-state index is 12.5. The number of hydrogen-bond acceptors (Lipinski definition) is 4. The highest BCUT2D eigenvalue weighted by molar-refractivity contribution is 5.77. The van der Waals surface area contributed by atoms with E-state index in [1.165, 1.54) is 50.9 Å². The van der Waals surface area contributed by atoms with Crippen LogP contribution in [0.1, 0.15) is 36.8 Å². The largest absolute Gasteiger partial charge is 0.490 e. The number of carbonyl (C=O) groups is 2. The van der Waals surface area contributed by atoms with Crippen LogP contribution in [0.25, 0.3) is 0 Å². The SMILES string of the molecule is O=C(CCc1cccnc1)N1CC2(CCN(CCCc3ccccc3)CC2)C1.O=C(O)C(F)(F)F. The molecule has 0 aliphatic carbocycles. The average Bonchev–Trinajstić information content (AvgIpc) is 2.83. The minimum atomic E-state index is -5.08. The van der Waals surface area contributed by atoms with E-state index < -0.39 is 12.1 Å². The highest BCUT2D eigenvalue weighted by Crippen LogP contribution is 2.40. The second-order valence-electron chi connectivity index (χ2n) is 9.34. The molecule has 190 valence electrons. The van der Waals surface area contributed by atoms with Gasteiger partial charge in [0.25, 0.3) is 0 Å². The van der Waals surface area contributed by atoms with Gasteiger partial charge >= 0.3 is 12.1 Å². The maximum Gasteiger partial charge on any atom is 0.490 e. The van der Waals surface area contributed by atoms with E-state index in [0.29, 0.717) is 17.7 Å². The molecule has 2 aliphatic rings. The summed E-state index contributed by atoms with van der Waals surface area (Å²) in [4.78, 5) is 30.2. The third-order valence-electron chi connectivity index (χ3n) is 6.70. The van der Waals surface area contributed by atoms with E-state index >= 15 is 0 Å². The number of rotatable bonds is 7. The van der Waals surface area contributed by atoms with Gasteiger partial charge in [0.2, 0.25) is 5.91 Å². The zero-order chi connectivity index (χ0) is 25.3. The molecule has 1 amide bonds. The van der Waals surface area contributed by atoms with Gasteiger partial charge in [-0.2, -0.15) is 13.2 Å². The third kappa shape index (κ3) is 8.35. The molecule has 35 heavy (non-hydrogen) atoms. The van der Waals surface area contributed by atoms with Gasteiger partial charge in [-0.05, 0) is 68.9 Å². The number of aliphatic carboxylic acids is 1. The fourth-order valence-corrected chi connectivity index (χ4v) is 4.61. The summed E-state index contributed by atoms with van der Waals surface area (Å²) in [5.41, 5.74) is 2.99. The van der Waals surface area contributed by atoms with Crippen LogP contribution in [0, 0.1) is 5.41 Å². The van der Waals surface area contributed by atoms with Crippen LogP contribution in [0.2, 0.25) is 0 Å². The van der Waals surface area contributed by atoms with Crippen molar-refractivity contribution >= 4 is 11.9 Å². The van der Waals surface area contributed by atoms with Crippen LogP contribution in [-0.2, 0) is 22.4 Å². The number of amides is 1. The fraction of sp³-hybridized carbons (Fsp3) is 0.500. The monoisotopic (exact) mass is 491 g/mol. The second kappa shape index (κ2) is 12.2. The molecule has 2 aliphatic heterocycles. The number of carboxylic acid groups (broad SMARTS) is 1. The Morgan fingerprint density at radius 1 is 0.971 bits per heavy atom. The summed E-state index contributed by atoms with van der Waals surface area (Å²) in [6.07, 6.45) is 4.84. The number of pyridine rings is 1. The molecule has 2 fully saturated rings. The number of aromatic nitrogens is 1. The Morgan fingerprint density at radius 3 is 2.17 bits per heavy atom. The number of likely N-dealkylation sites (tertiary alicyclic amines) is 2. The Balaban J connectivity index is 0.000000429. The molecular weight excluding hydrogens is 459 g/mol. The van der Waals surface area contributed by atoms with E-state index in [9.17, 15) is 18.0 Å². The van der Waals surface area contributed by atoms with Crippen molar-refractivity contribution < 1.29 is 27.9 Å². The van der Waals surface area contributed by atoms with Crippen molar-refractivity contribution in [1.29, 1.82) is 0 Å². The normalized spacial score (nSPS) is 17.3. The number of carbonyl (C=O) groups excluding carboxylic acids is 1. The van der Waals surface area contributed by atoms with Crippen molar-refractivity contribution in [2.75, 3.05) is 32.7 Å². The first-order valence-electron chi connectivity index (χ1n) is 11.9. The van der Waals surface area contributed by atoms with Crippen LogP contribution in [0.3, 0.4) is 0 Å². The van der Waals surface area contributed by atoms with Gasteiger partial charge in [-0.1, -0.05) is 36.4 Å². The average molecular weight is 492 g/mol. The van der Waals surface area contributed by atoms with Gasteiger partial charge in [-0.3, -0.25) is 9.78 Å². The number of carboxylic acids is 1. The predicted molar refractivity (Wildman–Crippen MR) is 126 cm³/mol. The summed E-state index contributed by atoms with van der Waals surface area (Å²) in [5, 5.41) is 7.12. The van der Waals surface area contributed by atoms with E-state index in [-0.39, 0.29) is 0 Å². The maximum absolute atomic E-state index is 12.5. The molecule has 3 heterocycles. The molecule has 6 nitrogen and oxygen atoms in total. The Morgan fingerprint density at radius 2 is 1.60 bits per heavy atom. The van der Waals surface area contributed by atoms with Crippen LogP contribution in [0.15, 0.2) is 54.9 Å². The molecule has 1 spiro atoms. The molecule has 1 N–H and O–H groups in total. The lowest BCUT2D eigenvalue weighted by Gasteiger charge is -2.54. The van der Waals surface area contributed by atoms with Gasteiger partial charge in [0, 0.05) is 37.3 Å². The Kier molecular flexibility index (Phi) is 9.26. The Hall–Kier alpha value is -2.94. The molecule has 1 aromatic heterocycles. The molecule has 0 saturated carbocycles. The smallest absolute Gasteiger partial charge is 0.475 e. The molecule has 0 unspecified atom stereocenters. The summed E-state index contributed by atoms with van der Waals surface area (Å²) in [5.74, 6) is -2.45. The van der Waals surface area contributed by atoms with Gasteiger partial charge in [-0.25, -0.2) is 4.79 Å². The van der Waals surface area contributed by atoms with E-state index in [1.54, 1.807) is 6.20 Å².